The van der Waals surface area contributed by atoms with E-state index < -0.39 is 0 Å². The topological polar surface area (TPSA) is 67.8 Å². The molecule has 1 saturated carbocycles. The summed E-state index contributed by atoms with van der Waals surface area (Å²) in [4.78, 5) is 23.5. The number of nitrogens with zero attached hydrogens (tertiary/aromatic N) is 1. The van der Waals surface area contributed by atoms with Crippen LogP contribution in [-0.2, 0) is 9.59 Å². The fraction of sp³-hybridized carbons (Fsp3) is 0.438. The zero-order valence-electron chi connectivity index (χ0n) is 13.0. The lowest BCUT2D eigenvalue weighted by atomic mass is 9.76. The number of hydrogen-bond acceptors (Lipinski definition) is 4. The first-order chi connectivity index (χ1) is 10.7. The van der Waals surface area contributed by atoms with E-state index in [0.717, 1.165) is 0 Å². The van der Waals surface area contributed by atoms with Gasteiger partial charge in [0.15, 0.2) is 6.61 Å². The molecule has 1 aromatic carbocycles. The molecule has 124 valence electrons. The number of rotatable bonds is 4. The van der Waals surface area contributed by atoms with Crippen molar-refractivity contribution in [3.63, 3.8) is 0 Å². The molecule has 1 aliphatic rings. The fourth-order valence-corrected chi connectivity index (χ4v) is 3.29. The van der Waals surface area contributed by atoms with Crippen molar-refractivity contribution < 1.29 is 14.3 Å². The van der Waals surface area contributed by atoms with Crippen molar-refractivity contribution in [2.24, 2.45) is 10.5 Å². The Balaban J connectivity index is 1.87. The number of halogens is 2. The third kappa shape index (κ3) is 5.62. The molecular weight excluding hydrogens is 384 g/mol. The van der Waals surface area contributed by atoms with E-state index in [-0.39, 0.29) is 23.7 Å². The molecule has 7 heteroatoms. The van der Waals surface area contributed by atoms with E-state index in [2.05, 4.69) is 26.5 Å². The van der Waals surface area contributed by atoms with Gasteiger partial charge in [-0.2, -0.15) is 5.10 Å². The van der Waals surface area contributed by atoms with Crippen LogP contribution < -0.4 is 10.2 Å². The quantitative estimate of drug-likeness (QED) is 0.782. The number of ether oxygens (including phenoxy) is 1. The normalized spacial score (nSPS) is 18.8. The Morgan fingerprint density at radius 2 is 2.17 bits per heavy atom. The molecule has 1 fully saturated rings. The van der Waals surface area contributed by atoms with E-state index in [1.165, 1.54) is 0 Å². The minimum absolute atomic E-state index is 0.108. The number of ketones is 1. The summed E-state index contributed by atoms with van der Waals surface area (Å²) in [6.45, 7) is 3.86. The van der Waals surface area contributed by atoms with Gasteiger partial charge in [0.1, 0.15) is 11.5 Å². The molecule has 0 bridgehead atoms. The molecule has 1 N–H and O–H groups in total. The van der Waals surface area contributed by atoms with Crippen LogP contribution in [0.15, 0.2) is 27.8 Å². The van der Waals surface area contributed by atoms with Gasteiger partial charge in [0.05, 0.1) is 4.47 Å². The smallest absolute Gasteiger partial charge is 0.277 e. The summed E-state index contributed by atoms with van der Waals surface area (Å²) in [5.41, 5.74) is 3.04. The highest BCUT2D eigenvalue weighted by atomic mass is 79.9. The molecule has 0 unspecified atom stereocenters. The molecule has 0 spiro atoms. The number of carbonyl (C=O) groups excluding carboxylic acids is 2. The fourth-order valence-electron chi connectivity index (χ4n) is 2.49. The molecule has 0 aromatic heterocycles. The summed E-state index contributed by atoms with van der Waals surface area (Å²) < 4.78 is 6.07. The average Bonchev–Trinajstić information content (AvgIpc) is 2.42. The molecule has 5 nitrogen and oxygen atoms in total. The van der Waals surface area contributed by atoms with Crippen LogP contribution in [0, 0.1) is 5.41 Å². The monoisotopic (exact) mass is 400 g/mol. The predicted octanol–water partition coefficient (Wildman–Crippen LogP) is 3.73. The van der Waals surface area contributed by atoms with Gasteiger partial charge in [0, 0.05) is 23.6 Å². The zero-order chi connectivity index (χ0) is 17.0. The first-order valence-corrected chi connectivity index (χ1v) is 8.36. The lowest BCUT2D eigenvalue weighted by Gasteiger charge is -2.28. The first-order valence-electron chi connectivity index (χ1n) is 7.19. The van der Waals surface area contributed by atoms with Crippen LogP contribution in [0.1, 0.15) is 33.1 Å². The van der Waals surface area contributed by atoms with E-state index in [4.69, 9.17) is 16.3 Å². The number of amides is 1. The molecule has 0 radical (unpaired) electrons. The molecule has 1 amide bonds. The molecule has 0 aliphatic heterocycles. The minimum Gasteiger partial charge on any atom is -0.483 e. The van der Waals surface area contributed by atoms with Gasteiger partial charge in [0.25, 0.3) is 5.91 Å². The van der Waals surface area contributed by atoms with Crippen molar-refractivity contribution in [3.8, 4) is 5.75 Å². The predicted molar refractivity (Wildman–Crippen MR) is 92.9 cm³/mol. The van der Waals surface area contributed by atoms with E-state index >= 15 is 0 Å². The lowest BCUT2D eigenvalue weighted by Crippen LogP contribution is -2.32. The number of benzene rings is 1. The summed E-state index contributed by atoms with van der Waals surface area (Å²) in [6.07, 6.45) is 1.55. The largest absolute Gasteiger partial charge is 0.483 e. The molecule has 2 rings (SSSR count). The Kier molecular flexibility index (Phi) is 5.81. The second kappa shape index (κ2) is 7.45. The van der Waals surface area contributed by atoms with E-state index in [1.807, 2.05) is 13.8 Å². The maximum absolute atomic E-state index is 11.8. The molecule has 23 heavy (non-hydrogen) atoms. The highest BCUT2D eigenvalue weighted by Crippen LogP contribution is 2.31. The molecular formula is C16H18BrClN2O3. The Morgan fingerprint density at radius 1 is 1.43 bits per heavy atom. The van der Waals surface area contributed by atoms with Crippen LogP contribution >= 0.6 is 27.5 Å². The third-order valence-corrected chi connectivity index (χ3v) is 4.21. The van der Waals surface area contributed by atoms with Gasteiger partial charge in [-0.15, -0.1) is 0 Å². The summed E-state index contributed by atoms with van der Waals surface area (Å²) in [5, 5.41) is 4.64. The van der Waals surface area contributed by atoms with Gasteiger partial charge in [-0.3, -0.25) is 9.59 Å². The molecule has 0 heterocycles. The van der Waals surface area contributed by atoms with Gasteiger partial charge in [-0.05, 0) is 46.0 Å². The maximum atomic E-state index is 11.8. The van der Waals surface area contributed by atoms with Crippen LogP contribution in [0.2, 0.25) is 5.02 Å². The van der Waals surface area contributed by atoms with Crippen LogP contribution in [0.3, 0.4) is 0 Å². The van der Waals surface area contributed by atoms with Gasteiger partial charge < -0.3 is 4.74 Å². The number of Topliss-reactive ketones (excluding diaryl/α,β-unsaturated/α-hetero) is 1. The molecule has 1 aliphatic carbocycles. The second-order valence-electron chi connectivity index (χ2n) is 6.31. The van der Waals surface area contributed by atoms with Crippen LogP contribution in [0.4, 0.5) is 0 Å². The van der Waals surface area contributed by atoms with Crippen molar-refractivity contribution >= 4 is 44.9 Å². The van der Waals surface area contributed by atoms with Crippen molar-refractivity contribution in [2.45, 2.75) is 33.1 Å². The van der Waals surface area contributed by atoms with Crippen LogP contribution in [-0.4, -0.2) is 24.0 Å². The summed E-state index contributed by atoms with van der Waals surface area (Å²) in [5.74, 6) is 0.289. The number of carbonyl (C=O) groups is 2. The Bertz CT molecular complexity index is 659. The summed E-state index contributed by atoms with van der Waals surface area (Å²) in [7, 11) is 0. The highest BCUT2D eigenvalue weighted by molar-refractivity contribution is 9.10. The van der Waals surface area contributed by atoms with E-state index in [9.17, 15) is 9.59 Å². The second-order valence-corrected chi connectivity index (χ2v) is 7.60. The van der Waals surface area contributed by atoms with E-state index in [1.54, 1.807) is 18.2 Å². The van der Waals surface area contributed by atoms with Gasteiger partial charge in [-0.1, -0.05) is 25.4 Å². The summed E-state index contributed by atoms with van der Waals surface area (Å²) >= 11 is 9.15. The molecule has 0 saturated heterocycles. The van der Waals surface area contributed by atoms with Crippen LogP contribution in [0.5, 0.6) is 5.75 Å². The minimum atomic E-state index is -0.379. The van der Waals surface area contributed by atoms with Crippen molar-refractivity contribution in [1.82, 2.24) is 5.43 Å². The van der Waals surface area contributed by atoms with Gasteiger partial charge in [-0.25, -0.2) is 5.43 Å². The highest BCUT2D eigenvalue weighted by Gasteiger charge is 2.30. The number of hydrogen-bond donors (Lipinski definition) is 1. The van der Waals surface area contributed by atoms with E-state index in [0.29, 0.717) is 40.2 Å². The molecule has 0 atom stereocenters. The Labute approximate surface area is 148 Å². The third-order valence-electron chi connectivity index (χ3n) is 3.35. The number of hydrazone groups is 1. The first kappa shape index (κ1) is 17.9. The average molecular weight is 402 g/mol. The SMILES string of the molecule is CC1(C)CC(=O)CC(=NNC(=O)COc2ccc(Cl)cc2Br)C1. The number of nitrogens with one attached hydrogen (secondary N) is 1. The molecule has 1 aromatic rings. The van der Waals surface area contributed by atoms with Crippen molar-refractivity contribution in [2.75, 3.05) is 6.61 Å². The zero-order valence-corrected chi connectivity index (χ0v) is 15.3. The lowest BCUT2D eigenvalue weighted by molar-refractivity contribution is -0.123. The Morgan fingerprint density at radius 3 is 2.83 bits per heavy atom. The maximum Gasteiger partial charge on any atom is 0.277 e. The van der Waals surface area contributed by atoms with Gasteiger partial charge in [0.2, 0.25) is 0 Å². The van der Waals surface area contributed by atoms with Crippen molar-refractivity contribution in [3.05, 3.63) is 27.7 Å². The summed E-state index contributed by atoms with van der Waals surface area (Å²) in [6, 6.07) is 5.04. The van der Waals surface area contributed by atoms with Crippen molar-refractivity contribution in [1.29, 1.82) is 0 Å². The van der Waals surface area contributed by atoms with Gasteiger partial charge >= 0.3 is 0 Å². The Hall–Kier alpha value is -1.40. The van der Waals surface area contributed by atoms with Crippen LogP contribution in [0.25, 0.3) is 0 Å². The standard InChI is InChI=1S/C16H18BrClN2O3/c1-16(2)7-11(6-12(21)8-16)19-20-15(22)9-23-14-4-3-10(18)5-13(14)17/h3-5H,6-9H2,1-2H3,(H,20,22).